The molecule has 2 aromatic carbocycles. The van der Waals surface area contributed by atoms with Gasteiger partial charge in [-0.3, -0.25) is 4.79 Å². The second-order valence-electron chi connectivity index (χ2n) is 8.14. The van der Waals surface area contributed by atoms with Gasteiger partial charge in [0.05, 0.1) is 25.6 Å². The largest absolute Gasteiger partial charge is 0.489 e. The molecule has 1 saturated heterocycles. The van der Waals surface area contributed by atoms with Crippen LogP contribution >= 0.6 is 13.5 Å². The quantitative estimate of drug-likeness (QED) is 0.563. The Hall–Kier alpha value is -2.72. The fourth-order valence-electron chi connectivity index (χ4n) is 4.25. The van der Waals surface area contributed by atoms with Gasteiger partial charge in [0.15, 0.2) is 5.79 Å². The molecule has 0 amide bonds. The van der Waals surface area contributed by atoms with Crippen LogP contribution in [0.1, 0.15) is 55.2 Å². The zero-order valence-corrected chi connectivity index (χ0v) is 19.8. The summed E-state index contributed by atoms with van der Waals surface area (Å²) in [6, 6.07) is 16.0. The van der Waals surface area contributed by atoms with Crippen molar-refractivity contribution < 1.29 is 24.1 Å². The van der Waals surface area contributed by atoms with Gasteiger partial charge in [-0.1, -0.05) is 42.3 Å². The molecule has 1 atom stereocenters. The highest BCUT2D eigenvalue weighted by Gasteiger charge is 2.37. The second-order valence-corrected chi connectivity index (χ2v) is 8.14. The highest BCUT2D eigenvalue weighted by atomic mass is 32.1. The van der Waals surface area contributed by atoms with E-state index in [4.69, 9.17) is 19.3 Å². The molecule has 5 nitrogen and oxygen atoms in total. The minimum atomic E-state index is -0.857. The Kier molecular flexibility index (Phi) is 8.62. The van der Waals surface area contributed by atoms with E-state index in [1.54, 1.807) is 6.92 Å². The van der Waals surface area contributed by atoms with Crippen LogP contribution < -0.4 is 4.74 Å². The second kappa shape index (κ2) is 11.4. The Bertz CT molecular complexity index is 1040. The molecule has 0 radical (unpaired) electrons. The Labute approximate surface area is 202 Å². The number of carboxylic acid groups (broad SMARTS) is 1. The third-order valence-electron chi connectivity index (χ3n) is 5.93. The molecule has 174 valence electrons. The molecule has 2 aliphatic rings. The van der Waals surface area contributed by atoms with Gasteiger partial charge in [0, 0.05) is 12.8 Å². The molecule has 1 heterocycles. The first-order valence-corrected chi connectivity index (χ1v) is 11.0. The summed E-state index contributed by atoms with van der Waals surface area (Å²) >= 11 is 0. The fourth-order valence-corrected chi connectivity index (χ4v) is 4.25. The molecule has 6 heteroatoms. The summed E-state index contributed by atoms with van der Waals surface area (Å²) in [7, 11) is 0. The SMILES string of the molecule is CC#C[C@@H](CC(=O)O)c1ccc(OCc2cccc(C3=CCC4(CC3)OCCO4)c2)cc1.S. The number of ether oxygens (including phenoxy) is 3. The standard InChI is InChI=1S/C27H28O5.H2S/c1-2-4-23(18-26(28)29)21-7-9-25(10-8-21)30-19-20-5-3-6-24(17-20)22-11-13-27(14-12-22)31-15-16-32-27;/h3,5-11,17,23H,12-16,18-19H2,1H3,(H,28,29);1H2/t23-;/m0./s1. The van der Waals surface area contributed by atoms with Gasteiger partial charge in [-0.25, -0.2) is 0 Å². The Morgan fingerprint density at radius 2 is 1.94 bits per heavy atom. The zero-order chi connectivity index (χ0) is 22.4. The third-order valence-corrected chi connectivity index (χ3v) is 5.93. The van der Waals surface area contributed by atoms with Crippen molar-refractivity contribution in [2.45, 2.75) is 50.9 Å². The molecule has 0 aromatic heterocycles. The molecule has 0 bridgehead atoms. The molecule has 1 aliphatic carbocycles. The van der Waals surface area contributed by atoms with Crippen LogP contribution in [0.25, 0.3) is 5.57 Å². The first-order chi connectivity index (χ1) is 15.6. The number of hydrogen-bond acceptors (Lipinski definition) is 4. The maximum absolute atomic E-state index is 11.1. The van der Waals surface area contributed by atoms with Crippen molar-refractivity contribution in [3.63, 3.8) is 0 Å². The molecular weight excluding hydrogens is 436 g/mol. The Morgan fingerprint density at radius 3 is 2.58 bits per heavy atom. The summed E-state index contributed by atoms with van der Waals surface area (Å²) in [5.74, 6) is 4.96. The molecule has 33 heavy (non-hydrogen) atoms. The van der Waals surface area contributed by atoms with Crippen LogP contribution in [0.2, 0.25) is 0 Å². The van der Waals surface area contributed by atoms with Crippen molar-refractivity contribution in [3.05, 3.63) is 71.3 Å². The summed E-state index contributed by atoms with van der Waals surface area (Å²) in [5.41, 5.74) is 4.52. The van der Waals surface area contributed by atoms with Crippen molar-refractivity contribution in [2.75, 3.05) is 13.2 Å². The number of rotatable bonds is 7. The fraction of sp³-hybridized carbons (Fsp3) is 0.370. The van der Waals surface area contributed by atoms with E-state index in [1.165, 1.54) is 11.1 Å². The first kappa shape index (κ1) is 24.9. The highest BCUT2D eigenvalue weighted by Crippen LogP contribution is 2.38. The lowest BCUT2D eigenvalue weighted by molar-refractivity contribution is -0.159. The zero-order valence-electron chi connectivity index (χ0n) is 18.8. The normalized spacial score (nSPS) is 17.3. The highest BCUT2D eigenvalue weighted by molar-refractivity contribution is 7.59. The summed E-state index contributed by atoms with van der Waals surface area (Å²) in [6.07, 6.45) is 4.84. The lowest BCUT2D eigenvalue weighted by Gasteiger charge is -2.30. The van der Waals surface area contributed by atoms with Gasteiger partial charge in [-0.2, -0.15) is 13.5 Å². The van der Waals surface area contributed by atoms with Gasteiger partial charge >= 0.3 is 5.97 Å². The van der Waals surface area contributed by atoms with E-state index < -0.39 is 11.8 Å². The molecule has 0 unspecified atom stereocenters. The minimum Gasteiger partial charge on any atom is -0.489 e. The van der Waals surface area contributed by atoms with Crippen molar-refractivity contribution in [1.29, 1.82) is 0 Å². The Morgan fingerprint density at radius 1 is 1.18 bits per heavy atom. The van der Waals surface area contributed by atoms with E-state index in [-0.39, 0.29) is 25.8 Å². The van der Waals surface area contributed by atoms with Crippen LogP contribution in [0.5, 0.6) is 5.75 Å². The van der Waals surface area contributed by atoms with E-state index in [9.17, 15) is 4.79 Å². The summed E-state index contributed by atoms with van der Waals surface area (Å²) in [5, 5.41) is 9.10. The van der Waals surface area contributed by atoms with Crippen LogP contribution in [-0.4, -0.2) is 30.1 Å². The van der Waals surface area contributed by atoms with Crippen molar-refractivity contribution in [1.82, 2.24) is 0 Å². The number of carbonyl (C=O) groups is 1. The van der Waals surface area contributed by atoms with Gasteiger partial charge in [0.1, 0.15) is 12.4 Å². The van der Waals surface area contributed by atoms with E-state index in [1.807, 2.05) is 24.3 Å². The number of hydrogen-bond donors (Lipinski definition) is 1. The lowest BCUT2D eigenvalue weighted by atomic mass is 9.89. The maximum atomic E-state index is 11.1. The molecule has 1 spiro atoms. The topological polar surface area (TPSA) is 65.0 Å². The van der Waals surface area contributed by atoms with E-state index in [0.717, 1.165) is 36.1 Å². The molecule has 0 saturated carbocycles. The minimum absolute atomic E-state index is 0. The van der Waals surface area contributed by atoms with Crippen LogP contribution in [-0.2, 0) is 20.9 Å². The summed E-state index contributed by atoms with van der Waals surface area (Å²) < 4.78 is 17.6. The van der Waals surface area contributed by atoms with Crippen LogP contribution in [0.15, 0.2) is 54.6 Å². The predicted octanol–water partition coefficient (Wildman–Crippen LogP) is 5.27. The Balaban J connectivity index is 0.00000306. The lowest BCUT2D eigenvalue weighted by Crippen LogP contribution is -2.31. The average Bonchev–Trinajstić information content (AvgIpc) is 3.26. The molecular formula is C27H30O5S. The summed E-state index contributed by atoms with van der Waals surface area (Å²) in [4.78, 5) is 11.1. The first-order valence-electron chi connectivity index (χ1n) is 11.0. The van der Waals surface area contributed by atoms with Crippen LogP contribution in [0.4, 0.5) is 0 Å². The number of benzene rings is 2. The van der Waals surface area contributed by atoms with Crippen LogP contribution in [0.3, 0.4) is 0 Å². The number of carboxylic acids is 1. The van der Waals surface area contributed by atoms with Gasteiger partial charge < -0.3 is 19.3 Å². The molecule has 1 fully saturated rings. The summed E-state index contributed by atoms with van der Waals surface area (Å²) in [6.45, 7) is 3.55. The van der Waals surface area contributed by atoms with E-state index >= 15 is 0 Å². The maximum Gasteiger partial charge on any atom is 0.304 e. The average molecular weight is 467 g/mol. The van der Waals surface area contributed by atoms with Gasteiger partial charge in [-0.15, -0.1) is 5.92 Å². The van der Waals surface area contributed by atoms with Crippen molar-refractivity contribution in [2.24, 2.45) is 0 Å². The molecule has 4 rings (SSSR count). The van der Waals surface area contributed by atoms with Gasteiger partial charge in [0.25, 0.3) is 0 Å². The third kappa shape index (κ3) is 6.42. The number of allylic oxidation sites excluding steroid dienone is 1. The smallest absolute Gasteiger partial charge is 0.304 e. The molecule has 2 aromatic rings. The van der Waals surface area contributed by atoms with Crippen molar-refractivity contribution >= 4 is 25.0 Å². The van der Waals surface area contributed by atoms with Gasteiger partial charge in [0.2, 0.25) is 0 Å². The number of aliphatic carboxylic acids is 1. The van der Waals surface area contributed by atoms with E-state index in [2.05, 4.69) is 42.2 Å². The molecule has 1 N–H and O–H groups in total. The molecule has 1 aliphatic heterocycles. The van der Waals surface area contributed by atoms with E-state index in [0.29, 0.717) is 19.8 Å². The monoisotopic (exact) mass is 466 g/mol. The van der Waals surface area contributed by atoms with Crippen molar-refractivity contribution in [3.8, 4) is 17.6 Å². The van der Waals surface area contributed by atoms with Gasteiger partial charge in [-0.05, 0) is 53.8 Å². The van der Waals surface area contributed by atoms with Crippen LogP contribution in [0, 0.1) is 11.8 Å². The predicted molar refractivity (Wildman–Crippen MR) is 133 cm³/mol.